The average molecular weight is 273 g/mol. The molecule has 0 radical (unpaired) electrons. The van der Waals surface area contributed by atoms with Crippen LogP contribution in [0.3, 0.4) is 0 Å². The lowest BCUT2D eigenvalue weighted by molar-refractivity contribution is 0.435. The number of nitrogens with zero attached hydrogens (tertiary/aromatic N) is 2. The average Bonchev–Trinajstić information content (AvgIpc) is 2.87. The van der Waals surface area contributed by atoms with Crippen molar-refractivity contribution in [2.75, 3.05) is 6.54 Å². The van der Waals surface area contributed by atoms with E-state index < -0.39 is 0 Å². The van der Waals surface area contributed by atoms with Crippen LogP contribution in [0.4, 0.5) is 0 Å². The molecular formula is C16H23N3O. The highest BCUT2D eigenvalue weighted by Gasteiger charge is 2.06. The highest BCUT2D eigenvalue weighted by molar-refractivity contribution is 5.14. The van der Waals surface area contributed by atoms with Gasteiger partial charge in [0.2, 0.25) is 11.8 Å². The number of rotatable bonds is 8. The van der Waals surface area contributed by atoms with Gasteiger partial charge in [0.25, 0.3) is 0 Å². The van der Waals surface area contributed by atoms with Crippen molar-refractivity contribution >= 4 is 0 Å². The summed E-state index contributed by atoms with van der Waals surface area (Å²) in [6, 6.07) is 11.0. The van der Waals surface area contributed by atoms with Gasteiger partial charge in [-0.2, -0.15) is 0 Å². The van der Waals surface area contributed by atoms with E-state index in [1.165, 1.54) is 5.56 Å². The molecule has 0 atom stereocenters. The summed E-state index contributed by atoms with van der Waals surface area (Å²) in [6.07, 6.45) is 3.73. The van der Waals surface area contributed by atoms with E-state index in [-0.39, 0.29) is 0 Å². The highest BCUT2D eigenvalue weighted by Crippen LogP contribution is 2.08. The van der Waals surface area contributed by atoms with Crippen LogP contribution in [0.2, 0.25) is 0 Å². The minimum Gasteiger partial charge on any atom is -0.425 e. The van der Waals surface area contributed by atoms with Crippen LogP contribution in [0.15, 0.2) is 34.7 Å². The first-order chi connectivity index (χ1) is 9.74. The molecule has 2 aromatic rings. The van der Waals surface area contributed by atoms with Crippen LogP contribution in [0, 0.1) is 0 Å². The van der Waals surface area contributed by atoms with Crippen molar-refractivity contribution in [2.24, 2.45) is 0 Å². The molecule has 1 aromatic heterocycles. The topological polar surface area (TPSA) is 51.0 Å². The summed E-state index contributed by atoms with van der Waals surface area (Å²) < 4.78 is 5.64. The molecule has 0 saturated carbocycles. The van der Waals surface area contributed by atoms with Crippen molar-refractivity contribution in [1.82, 2.24) is 15.5 Å². The molecule has 0 bridgehead atoms. The molecule has 0 amide bonds. The lowest BCUT2D eigenvalue weighted by Gasteiger charge is -2.04. The molecule has 20 heavy (non-hydrogen) atoms. The normalized spacial score (nSPS) is 11.2. The van der Waals surface area contributed by atoms with Gasteiger partial charge in [-0.3, -0.25) is 0 Å². The number of hydrogen-bond donors (Lipinski definition) is 1. The van der Waals surface area contributed by atoms with E-state index >= 15 is 0 Å². The third-order valence-corrected chi connectivity index (χ3v) is 3.10. The molecule has 108 valence electrons. The maximum absolute atomic E-state index is 5.64. The standard InChI is InChI=1S/C16H23N3O/c1-13(2)17-12-11-16-19-18-15(20-16)10-6-9-14-7-4-3-5-8-14/h3-5,7-8,13,17H,6,9-12H2,1-2H3. The molecule has 0 aliphatic rings. The zero-order chi connectivity index (χ0) is 14.2. The molecule has 1 N–H and O–H groups in total. The molecular weight excluding hydrogens is 250 g/mol. The van der Waals surface area contributed by atoms with Crippen molar-refractivity contribution in [3.63, 3.8) is 0 Å². The van der Waals surface area contributed by atoms with Gasteiger partial charge in [0.05, 0.1) is 0 Å². The van der Waals surface area contributed by atoms with Crippen molar-refractivity contribution in [2.45, 2.75) is 45.6 Å². The molecule has 0 aliphatic carbocycles. The number of hydrogen-bond acceptors (Lipinski definition) is 4. The number of aryl methyl sites for hydroxylation is 2. The Morgan fingerprint density at radius 1 is 1.00 bits per heavy atom. The second-order valence-electron chi connectivity index (χ2n) is 5.29. The van der Waals surface area contributed by atoms with Gasteiger partial charge in [-0.1, -0.05) is 44.2 Å². The quantitative estimate of drug-likeness (QED) is 0.803. The van der Waals surface area contributed by atoms with Gasteiger partial charge in [0, 0.05) is 25.4 Å². The lowest BCUT2D eigenvalue weighted by atomic mass is 10.1. The molecule has 0 fully saturated rings. The fourth-order valence-electron chi connectivity index (χ4n) is 2.05. The van der Waals surface area contributed by atoms with Crippen molar-refractivity contribution in [1.29, 1.82) is 0 Å². The van der Waals surface area contributed by atoms with E-state index in [9.17, 15) is 0 Å². The van der Waals surface area contributed by atoms with Crippen LogP contribution in [0.1, 0.15) is 37.6 Å². The third kappa shape index (κ3) is 5.13. The summed E-state index contributed by atoms with van der Waals surface area (Å²) in [4.78, 5) is 0. The second kappa shape index (κ2) is 7.80. The third-order valence-electron chi connectivity index (χ3n) is 3.10. The van der Waals surface area contributed by atoms with Crippen LogP contribution in [-0.2, 0) is 19.3 Å². The fraction of sp³-hybridized carbons (Fsp3) is 0.500. The smallest absolute Gasteiger partial charge is 0.217 e. The molecule has 4 nitrogen and oxygen atoms in total. The Balaban J connectivity index is 1.70. The number of benzene rings is 1. The number of nitrogens with one attached hydrogen (secondary N) is 1. The van der Waals surface area contributed by atoms with Crippen LogP contribution in [0.25, 0.3) is 0 Å². The van der Waals surface area contributed by atoms with E-state index in [4.69, 9.17) is 4.42 Å². The first-order valence-corrected chi connectivity index (χ1v) is 7.32. The first-order valence-electron chi connectivity index (χ1n) is 7.32. The molecule has 1 heterocycles. The van der Waals surface area contributed by atoms with Gasteiger partial charge < -0.3 is 9.73 Å². The maximum atomic E-state index is 5.64. The van der Waals surface area contributed by atoms with Crippen LogP contribution >= 0.6 is 0 Å². The van der Waals surface area contributed by atoms with E-state index in [1.54, 1.807) is 0 Å². The van der Waals surface area contributed by atoms with Crippen molar-refractivity contribution in [3.8, 4) is 0 Å². The van der Waals surface area contributed by atoms with Gasteiger partial charge in [-0.05, 0) is 18.4 Å². The van der Waals surface area contributed by atoms with E-state index in [1.807, 2.05) is 6.07 Å². The van der Waals surface area contributed by atoms with Crippen LogP contribution in [-0.4, -0.2) is 22.8 Å². The minimum atomic E-state index is 0.489. The van der Waals surface area contributed by atoms with Gasteiger partial charge >= 0.3 is 0 Å². The SMILES string of the molecule is CC(C)NCCc1nnc(CCCc2ccccc2)o1. The predicted molar refractivity (Wildman–Crippen MR) is 79.6 cm³/mol. The highest BCUT2D eigenvalue weighted by atomic mass is 16.4. The van der Waals surface area contributed by atoms with Crippen LogP contribution in [0.5, 0.6) is 0 Å². The van der Waals surface area contributed by atoms with Crippen LogP contribution < -0.4 is 5.32 Å². The summed E-state index contributed by atoms with van der Waals surface area (Å²) in [7, 11) is 0. The first kappa shape index (κ1) is 14.7. The van der Waals surface area contributed by atoms with Gasteiger partial charge in [-0.15, -0.1) is 10.2 Å². The van der Waals surface area contributed by atoms with Gasteiger partial charge in [0.15, 0.2) is 0 Å². The Morgan fingerprint density at radius 3 is 2.40 bits per heavy atom. The molecule has 1 aromatic carbocycles. The zero-order valence-electron chi connectivity index (χ0n) is 12.3. The Hall–Kier alpha value is -1.68. The fourth-order valence-corrected chi connectivity index (χ4v) is 2.05. The van der Waals surface area contributed by atoms with Gasteiger partial charge in [-0.25, -0.2) is 0 Å². The number of aromatic nitrogens is 2. The molecule has 0 saturated heterocycles. The summed E-state index contributed by atoms with van der Waals surface area (Å²) >= 11 is 0. The predicted octanol–water partition coefficient (Wildman–Crippen LogP) is 2.79. The minimum absolute atomic E-state index is 0.489. The van der Waals surface area contributed by atoms with E-state index in [0.717, 1.165) is 44.0 Å². The summed E-state index contributed by atoms with van der Waals surface area (Å²) in [5.74, 6) is 1.48. The Kier molecular flexibility index (Phi) is 5.74. The lowest BCUT2D eigenvalue weighted by Crippen LogP contribution is -2.25. The van der Waals surface area contributed by atoms with E-state index in [2.05, 4.69) is 53.6 Å². The Labute approximate surface area is 120 Å². The molecule has 0 spiro atoms. The largest absolute Gasteiger partial charge is 0.425 e. The summed E-state index contributed by atoms with van der Waals surface area (Å²) in [6.45, 7) is 5.13. The maximum Gasteiger partial charge on any atom is 0.217 e. The van der Waals surface area contributed by atoms with Crippen molar-refractivity contribution in [3.05, 3.63) is 47.7 Å². The molecule has 0 aliphatic heterocycles. The Morgan fingerprint density at radius 2 is 1.70 bits per heavy atom. The summed E-state index contributed by atoms with van der Waals surface area (Å²) in [5.41, 5.74) is 1.35. The molecule has 0 unspecified atom stereocenters. The monoisotopic (exact) mass is 273 g/mol. The zero-order valence-corrected chi connectivity index (χ0v) is 12.3. The van der Waals surface area contributed by atoms with E-state index in [0.29, 0.717) is 6.04 Å². The Bertz CT molecular complexity index is 493. The second-order valence-corrected chi connectivity index (χ2v) is 5.29. The molecule has 4 heteroatoms. The van der Waals surface area contributed by atoms with Gasteiger partial charge in [0.1, 0.15) is 0 Å². The molecule has 2 rings (SSSR count). The summed E-state index contributed by atoms with van der Waals surface area (Å²) in [5, 5.41) is 11.5. The van der Waals surface area contributed by atoms with Crippen molar-refractivity contribution < 1.29 is 4.42 Å².